The molecule has 0 saturated carbocycles. The summed E-state index contributed by atoms with van der Waals surface area (Å²) >= 11 is 0. The first kappa shape index (κ1) is 21.7. The van der Waals surface area contributed by atoms with Gasteiger partial charge in [-0.3, -0.25) is 4.72 Å². The van der Waals surface area contributed by atoms with Crippen molar-refractivity contribution >= 4 is 25.7 Å². The van der Waals surface area contributed by atoms with Crippen molar-refractivity contribution in [3.63, 3.8) is 0 Å². The maximum absolute atomic E-state index is 13.4. The van der Waals surface area contributed by atoms with Gasteiger partial charge in [0, 0.05) is 13.1 Å². The van der Waals surface area contributed by atoms with Crippen molar-refractivity contribution in [2.75, 3.05) is 17.8 Å². The second-order valence-electron chi connectivity index (χ2n) is 6.98. The van der Waals surface area contributed by atoms with E-state index in [1.165, 1.54) is 22.5 Å². The number of aryl methyl sites for hydroxylation is 1. The van der Waals surface area contributed by atoms with E-state index in [1.807, 2.05) is 0 Å². The molecule has 0 amide bonds. The third-order valence-electron chi connectivity index (χ3n) is 4.82. The van der Waals surface area contributed by atoms with E-state index in [2.05, 4.69) is 4.72 Å². The molecule has 10 heteroatoms. The highest BCUT2D eigenvalue weighted by atomic mass is 32.2. The number of benzene rings is 2. The van der Waals surface area contributed by atoms with Crippen LogP contribution in [0.5, 0.6) is 0 Å². The molecule has 0 aromatic heterocycles. The van der Waals surface area contributed by atoms with E-state index in [0.717, 1.165) is 31.7 Å². The van der Waals surface area contributed by atoms with Crippen LogP contribution in [0.2, 0.25) is 0 Å². The van der Waals surface area contributed by atoms with Crippen LogP contribution in [-0.4, -0.2) is 34.2 Å². The maximum atomic E-state index is 13.4. The molecule has 158 valence electrons. The van der Waals surface area contributed by atoms with Gasteiger partial charge in [0.1, 0.15) is 0 Å². The van der Waals surface area contributed by atoms with Crippen LogP contribution in [0.3, 0.4) is 0 Å². The Morgan fingerprint density at radius 3 is 2.14 bits per heavy atom. The molecule has 1 aliphatic heterocycles. The predicted octanol–water partition coefficient (Wildman–Crippen LogP) is 3.64. The molecule has 0 atom stereocenters. The van der Waals surface area contributed by atoms with Gasteiger partial charge in [-0.05, 0) is 55.7 Å². The van der Waals surface area contributed by atoms with Crippen LogP contribution in [0.25, 0.3) is 0 Å². The summed E-state index contributed by atoms with van der Waals surface area (Å²) in [6.45, 7) is 2.48. The lowest BCUT2D eigenvalue weighted by molar-refractivity contribution is 0.423. The minimum absolute atomic E-state index is 0.0184. The molecule has 0 unspecified atom stereocenters. The Morgan fingerprint density at radius 1 is 0.862 bits per heavy atom. The Kier molecular flexibility index (Phi) is 6.25. The van der Waals surface area contributed by atoms with Crippen LogP contribution >= 0.6 is 0 Å². The Labute approximate surface area is 169 Å². The quantitative estimate of drug-likeness (QED) is 0.763. The summed E-state index contributed by atoms with van der Waals surface area (Å²) in [4.78, 5) is -0.446. The molecule has 1 heterocycles. The maximum Gasteiger partial charge on any atom is 0.261 e. The van der Waals surface area contributed by atoms with Gasteiger partial charge in [0.05, 0.1) is 15.5 Å². The molecule has 3 rings (SSSR count). The van der Waals surface area contributed by atoms with Gasteiger partial charge >= 0.3 is 0 Å². The predicted molar refractivity (Wildman–Crippen MR) is 106 cm³/mol. The van der Waals surface area contributed by atoms with Crippen LogP contribution in [0.4, 0.5) is 14.5 Å². The summed E-state index contributed by atoms with van der Waals surface area (Å²) < 4.78 is 81.3. The van der Waals surface area contributed by atoms with E-state index in [9.17, 15) is 25.6 Å². The van der Waals surface area contributed by atoms with Crippen LogP contribution in [-0.2, 0) is 20.0 Å². The van der Waals surface area contributed by atoms with E-state index < -0.39 is 36.6 Å². The number of nitrogens with one attached hydrogen (secondary N) is 1. The molecule has 0 aliphatic carbocycles. The van der Waals surface area contributed by atoms with Crippen LogP contribution in [0, 0.1) is 18.6 Å². The number of rotatable bonds is 5. The first-order valence-electron chi connectivity index (χ1n) is 9.20. The van der Waals surface area contributed by atoms with E-state index >= 15 is 0 Å². The average Bonchev–Trinajstić information content (AvgIpc) is 2.95. The normalized spacial score (nSPS) is 16.4. The molecule has 0 spiro atoms. The fourth-order valence-electron chi connectivity index (χ4n) is 3.22. The number of hydrogen-bond donors (Lipinski definition) is 1. The van der Waals surface area contributed by atoms with Gasteiger partial charge < -0.3 is 0 Å². The highest BCUT2D eigenvalue weighted by Crippen LogP contribution is 2.27. The van der Waals surface area contributed by atoms with Crippen molar-refractivity contribution in [1.82, 2.24) is 4.31 Å². The van der Waals surface area contributed by atoms with Crippen molar-refractivity contribution in [3.8, 4) is 0 Å². The van der Waals surface area contributed by atoms with Gasteiger partial charge in [-0.1, -0.05) is 18.9 Å². The number of sulfonamides is 2. The monoisotopic (exact) mass is 444 g/mol. The van der Waals surface area contributed by atoms with Gasteiger partial charge in [-0.25, -0.2) is 25.6 Å². The number of halogens is 2. The van der Waals surface area contributed by atoms with Crippen molar-refractivity contribution < 1.29 is 25.6 Å². The smallest absolute Gasteiger partial charge is 0.261 e. The molecule has 1 aliphatic rings. The summed E-state index contributed by atoms with van der Waals surface area (Å²) in [5.74, 6) is -2.45. The molecule has 1 N–H and O–H groups in total. The molecule has 0 radical (unpaired) electrons. The molecular formula is C19H22F2N2O4S2. The van der Waals surface area contributed by atoms with E-state index in [0.29, 0.717) is 30.8 Å². The van der Waals surface area contributed by atoms with Gasteiger partial charge in [0.2, 0.25) is 10.0 Å². The summed E-state index contributed by atoms with van der Waals surface area (Å²) in [6, 6.07) is 6.41. The average molecular weight is 445 g/mol. The number of anilines is 1. The first-order chi connectivity index (χ1) is 13.6. The second-order valence-corrected chi connectivity index (χ2v) is 10.6. The third-order valence-corrected chi connectivity index (χ3v) is 8.24. The van der Waals surface area contributed by atoms with Crippen LogP contribution in [0.1, 0.15) is 31.2 Å². The van der Waals surface area contributed by atoms with Crippen molar-refractivity contribution in [3.05, 3.63) is 53.6 Å². The zero-order valence-corrected chi connectivity index (χ0v) is 17.5. The largest absolute Gasteiger partial charge is 0.280 e. The van der Waals surface area contributed by atoms with E-state index in [1.54, 1.807) is 6.92 Å². The van der Waals surface area contributed by atoms with Crippen LogP contribution in [0.15, 0.2) is 46.2 Å². The topological polar surface area (TPSA) is 83.5 Å². The highest BCUT2D eigenvalue weighted by Gasteiger charge is 2.27. The van der Waals surface area contributed by atoms with Gasteiger partial charge in [-0.2, -0.15) is 4.31 Å². The molecule has 2 aromatic rings. The molecule has 6 nitrogen and oxygen atoms in total. The standard InChI is InChI=1S/C19H22F2N2O4S2/c1-14-6-7-15(22-28(24,25)16-8-9-17(20)18(21)13-16)12-19(14)29(26,27)23-10-4-2-3-5-11-23/h6-9,12-13,22H,2-5,10-11H2,1H3. The zero-order valence-electron chi connectivity index (χ0n) is 15.9. The van der Waals surface area contributed by atoms with Crippen LogP contribution < -0.4 is 4.72 Å². The third kappa shape index (κ3) is 4.76. The van der Waals surface area contributed by atoms with Gasteiger partial charge in [0.25, 0.3) is 10.0 Å². The number of hydrogen-bond acceptors (Lipinski definition) is 4. The molecule has 29 heavy (non-hydrogen) atoms. The zero-order chi connectivity index (χ0) is 21.2. The van der Waals surface area contributed by atoms with Crippen molar-refractivity contribution in [2.45, 2.75) is 42.4 Å². The SMILES string of the molecule is Cc1ccc(NS(=O)(=O)c2ccc(F)c(F)c2)cc1S(=O)(=O)N1CCCCCC1. The van der Waals surface area contributed by atoms with E-state index in [4.69, 9.17) is 0 Å². The molecule has 2 aromatic carbocycles. The van der Waals surface area contributed by atoms with Gasteiger partial charge in [-0.15, -0.1) is 0 Å². The Balaban J connectivity index is 1.93. The molecule has 0 bridgehead atoms. The Morgan fingerprint density at radius 2 is 1.52 bits per heavy atom. The fraction of sp³-hybridized carbons (Fsp3) is 0.368. The second kappa shape index (κ2) is 8.37. The molecular weight excluding hydrogens is 422 g/mol. The number of nitrogens with zero attached hydrogens (tertiary/aromatic N) is 1. The fourth-order valence-corrected chi connectivity index (χ4v) is 6.05. The minimum Gasteiger partial charge on any atom is -0.280 e. The van der Waals surface area contributed by atoms with Crippen molar-refractivity contribution in [1.29, 1.82) is 0 Å². The lowest BCUT2D eigenvalue weighted by atomic mass is 10.2. The summed E-state index contributed by atoms with van der Waals surface area (Å²) in [5.41, 5.74) is 0.513. The Bertz CT molecular complexity index is 1110. The Hall–Kier alpha value is -2.04. The van der Waals surface area contributed by atoms with E-state index in [-0.39, 0.29) is 10.6 Å². The van der Waals surface area contributed by atoms with Crippen molar-refractivity contribution in [2.24, 2.45) is 0 Å². The first-order valence-corrected chi connectivity index (χ1v) is 12.1. The lowest BCUT2D eigenvalue weighted by Gasteiger charge is -2.21. The highest BCUT2D eigenvalue weighted by molar-refractivity contribution is 7.92. The van der Waals surface area contributed by atoms with Gasteiger partial charge in [0.15, 0.2) is 11.6 Å². The summed E-state index contributed by atoms with van der Waals surface area (Å²) in [5, 5.41) is 0. The molecule has 1 saturated heterocycles. The lowest BCUT2D eigenvalue weighted by Crippen LogP contribution is -2.32. The summed E-state index contributed by atoms with van der Waals surface area (Å²) in [6.07, 6.45) is 3.50. The molecule has 1 fully saturated rings. The summed E-state index contributed by atoms with van der Waals surface area (Å²) in [7, 11) is -8.01. The minimum atomic E-state index is -4.22.